The van der Waals surface area contributed by atoms with Crippen LogP contribution in [0, 0.1) is 0 Å². The smallest absolute Gasteiger partial charge is 0.216 e. The van der Waals surface area contributed by atoms with Gasteiger partial charge in [0.2, 0.25) is 5.88 Å². The summed E-state index contributed by atoms with van der Waals surface area (Å²) in [7, 11) is 1.60. The molecule has 6 nitrogen and oxygen atoms in total. The van der Waals surface area contributed by atoms with Crippen LogP contribution in [0.3, 0.4) is 0 Å². The van der Waals surface area contributed by atoms with E-state index >= 15 is 0 Å². The van der Waals surface area contributed by atoms with Gasteiger partial charge in [0.1, 0.15) is 6.33 Å². The van der Waals surface area contributed by atoms with E-state index < -0.39 is 0 Å². The second-order valence-corrected chi connectivity index (χ2v) is 4.05. The third-order valence-corrected chi connectivity index (χ3v) is 2.92. The zero-order chi connectivity index (χ0) is 13.7. The van der Waals surface area contributed by atoms with Crippen molar-refractivity contribution >= 4 is 0 Å². The number of aryl methyl sites for hydroxylation is 1. The largest absolute Gasteiger partial charge is 0.481 e. The Labute approximate surface area is 112 Å². The lowest BCUT2D eigenvalue weighted by Gasteiger charge is -2.18. The van der Waals surface area contributed by atoms with Gasteiger partial charge in [-0.2, -0.15) is 5.10 Å². The van der Waals surface area contributed by atoms with Crippen LogP contribution in [0.2, 0.25) is 0 Å². The van der Waals surface area contributed by atoms with Crippen molar-refractivity contribution < 1.29 is 4.74 Å². The second kappa shape index (κ2) is 6.29. The van der Waals surface area contributed by atoms with Gasteiger partial charge in [-0.3, -0.25) is 4.68 Å². The van der Waals surface area contributed by atoms with Gasteiger partial charge in [-0.15, -0.1) is 0 Å². The molecule has 1 atom stereocenters. The van der Waals surface area contributed by atoms with Crippen molar-refractivity contribution in [2.45, 2.75) is 26.4 Å². The third-order valence-electron chi connectivity index (χ3n) is 2.92. The number of rotatable bonds is 6. The monoisotopic (exact) mass is 261 g/mol. The summed E-state index contributed by atoms with van der Waals surface area (Å²) in [5.74, 6) is 0.565. The average molecular weight is 261 g/mol. The molecule has 0 aliphatic carbocycles. The van der Waals surface area contributed by atoms with Crippen molar-refractivity contribution in [3.05, 3.63) is 36.0 Å². The minimum absolute atomic E-state index is 0.00986. The SMILES string of the molecule is CCNC(c1cc(OC)ncn1)c1ccnn1CC. The van der Waals surface area contributed by atoms with Crippen LogP contribution in [-0.2, 0) is 6.54 Å². The van der Waals surface area contributed by atoms with Crippen LogP contribution >= 0.6 is 0 Å². The molecule has 2 aromatic rings. The van der Waals surface area contributed by atoms with Crippen molar-refractivity contribution in [1.29, 1.82) is 0 Å². The highest BCUT2D eigenvalue weighted by atomic mass is 16.5. The molecule has 0 bridgehead atoms. The normalized spacial score (nSPS) is 12.4. The van der Waals surface area contributed by atoms with Crippen molar-refractivity contribution in [3.63, 3.8) is 0 Å². The van der Waals surface area contributed by atoms with E-state index in [2.05, 4.69) is 34.2 Å². The number of aromatic nitrogens is 4. The Bertz CT molecular complexity index is 525. The molecule has 0 aliphatic rings. The standard InChI is InChI=1S/C13H19N5O/c1-4-14-13(11-6-7-17-18(11)5-2)10-8-12(19-3)16-9-15-10/h6-9,13-14H,4-5H2,1-3H3. The summed E-state index contributed by atoms with van der Waals surface area (Å²) in [6, 6.07) is 3.84. The Kier molecular flexibility index (Phi) is 4.46. The van der Waals surface area contributed by atoms with E-state index in [1.165, 1.54) is 6.33 Å². The van der Waals surface area contributed by atoms with Crippen molar-refractivity contribution in [2.75, 3.05) is 13.7 Å². The topological polar surface area (TPSA) is 64.9 Å². The minimum atomic E-state index is -0.00986. The quantitative estimate of drug-likeness (QED) is 0.851. The molecule has 19 heavy (non-hydrogen) atoms. The molecule has 6 heteroatoms. The highest BCUT2D eigenvalue weighted by Gasteiger charge is 2.19. The summed E-state index contributed by atoms with van der Waals surface area (Å²) in [4.78, 5) is 8.38. The first-order valence-electron chi connectivity index (χ1n) is 6.41. The number of hydrogen-bond acceptors (Lipinski definition) is 5. The first-order chi connectivity index (χ1) is 9.30. The summed E-state index contributed by atoms with van der Waals surface area (Å²) < 4.78 is 7.12. The van der Waals surface area contributed by atoms with E-state index in [0.717, 1.165) is 24.5 Å². The lowest BCUT2D eigenvalue weighted by Crippen LogP contribution is -2.25. The van der Waals surface area contributed by atoms with Crippen LogP contribution in [0.5, 0.6) is 5.88 Å². The van der Waals surface area contributed by atoms with Gasteiger partial charge in [-0.1, -0.05) is 6.92 Å². The minimum Gasteiger partial charge on any atom is -0.481 e. The number of hydrogen-bond donors (Lipinski definition) is 1. The lowest BCUT2D eigenvalue weighted by molar-refractivity contribution is 0.394. The predicted octanol–water partition coefficient (Wildman–Crippen LogP) is 1.40. The number of ether oxygens (including phenoxy) is 1. The van der Waals surface area contributed by atoms with Gasteiger partial charge in [0, 0.05) is 18.8 Å². The first kappa shape index (κ1) is 13.5. The Morgan fingerprint density at radius 1 is 1.37 bits per heavy atom. The molecule has 2 aromatic heterocycles. The third kappa shape index (κ3) is 2.90. The van der Waals surface area contributed by atoms with E-state index in [9.17, 15) is 0 Å². The fourth-order valence-corrected chi connectivity index (χ4v) is 2.04. The maximum absolute atomic E-state index is 5.16. The van der Waals surface area contributed by atoms with Crippen LogP contribution in [0.15, 0.2) is 24.7 Å². The summed E-state index contributed by atoms with van der Waals surface area (Å²) in [6.45, 7) is 5.80. The second-order valence-electron chi connectivity index (χ2n) is 4.05. The zero-order valence-corrected chi connectivity index (χ0v) is 11.5. The van der Waals surface area contributed by atoms with E-state index in [4.69, 9.17) is 4.74 Å². The predicted molar refractivity (Wildman–Crippen MR) is 72.0 cm³/mol. The number of nitrogens with one attached hydrogen (secondary N) is 1. The summed E-state index contributed by atoms with van der Waals surface area (Å²) in [6.07, 6.45) is 3.33. The number of nitrogens with zero attached hydrogens (tertiary/aromatic N) is 4. The molecule has 1 unspecified atom stereocenters. The molecule has 0 aromatic carbocycles. The molecule has 0 radical (unpaired) electrons. The molecule has 0 saturated carbocycles. The van der Waals surface area contributed by atoms with Crippen molar-refractivity contribution in [1.82, 2.24) is 25.1 Å². The molecular weight excluding hydrogens is 242 g/mol. The van der Waals surface area contributed by atoms with Gasteiger partial charge in [0.05, 0.1) is 24.5 Å². The molecule has 0 amide bonds. The highest BCUT2D eigenvalue weighted by molar-refractivity contribution is 5.24. The van der Waals surface area contributed by atoms with E-state index in [0.29, 0.717) is 5.88 Å². The van der Waals surface area contributed by atoms with Crippen LogP contribution in [0.4, 0.5) is 0 Å². The maximum Gasteiger partial charge on any atom is 0.216 e. The van der Waals surface area contributed by atoms with Gasteiger partial charge >= 0.3 is 0 Å². The molecule has 2 heterocycles. The number of methoxy groups -OCH3 is 1. The molecule has 0 fully saturated rings. The van der Waals surface area contributed by atoms with E-state index in [1.807, 2.05) is 23.0 Å². The van der Waals surface area contributed by atoms with Crippen LogP contribution < -0.4 is 10.1 Å². The molecule has 0 saturated heterocycles. The molecule has 0 aliphatic heterocycles. The van der Waals surface area contributed by atoms with Gasteiger partial charge in [0.25, 0.3) is 0 Å². The summed E-state index contributed by atoms with van der Waals surface area (Å²) in [5, 5.41) is 7.73. The Morgan fingerprint density at radius 3 is 2.89 bits per heavy atom. The Balaban J connectivity index is 2.39. The van der Waals surface area contributed by atoms with Gasteiger partial charge in [-0.05, 0) is 19.5 Å². The van der Waals surface area contributed by atoms with Gasteiger partial charge in [-0.25, -0.2) is 9.97 Å². The highest BCUT2D eigenvalue weighted by Crippen LogP contribution is 2.21. The van der Waals surface area contributed by atoms with Crippen molar-refractivity contribution in [2.24, 2.45) is 0 Å². The summed E-state index contributed by atoms with van der Waals surface area (Å²) in [5.41, 5.74) is 1.97. The van der Waals surface area contributed by atoms with Crippen molar-refractivity contribution in [3.8, 4) is 5.88 Å². The van der Waals surface area contributed by atoms with Crippen LogP contribution in [-0.4, -0.2) is 33.4 Å². The zero-order valence-electron chi connectivity index (χ0n) is 11.5. The lowest BCUT2D eigenvalue weighted by atomic mass is 10.1. The van der Waals surface area contributed by atoms with Gasteiger partial charge in [0.15, 0.2) is 0 Å². The Hall–Kier alpha value is -1.95. The van der Waals surface area contributed by atoms with E-state index in [-0.39, 0.29) is 6.04 Å². The molecule has 102 valence electrons. The fourth-order valence-electron chi connectivity index (χ4n) is 2.04. The van der Waals surface area contributed by atoms with Crippen LogP contribution in [0.1, 0.15) is 31.3 Å². The molecular formula is C13H19N5O. The fraction of sp³-hybridized carbons (Fsp3) is 0.462. The average Bonchev–Trinajstić information content (AvgIpc) is 2.93. The molecule has 2 rings (SSSR count). The van der Waals surface area contributed by atoms with E-state index in [1.54, 1.807) is 7.11 Å². The molecule has 0 spiro atoms. The first-order valence-corrected chi connectivity index (χ1v) is 6.41. The van der Waals surface area contributed by atoms with Gasteiger partial charge < -0.3 is 10.1 Å². The summed E-state index contributed by atoms with van der Waals surface area (Å²) >= 11 is 0. The Morgan fingerprint density at radius 2 is 2.21 bits per heavy atom. The maximum atomic E-state index is 5.16. The molecule has 1 N–H and O–H groups in total. The van der Waals surface area contributed by atoms with Crippen LogP contribution in [0.25, 0.3) is 0 Å².